The molecule has 3 nitrogen and oxygen atoms in total. The molecule has 102 valence electrons. The number of fused-ring (bicyclic) bond motifs is 1. The summed E-state index contributed by atoms with van der Waals surface area (Å²) in [4.78, 5) is 2.65. The maximum Gasteiger partial charge on any atom is 0.124 e. The van der Waals surface area contributed by atoms with Gasteiger partial charge in [-0.15, -0.1) is 0 Å². The van der Waals surface area contributed by atoms with Crippen LogP contribution in [-0.2, 0) is 0 Å². The van der Waals surface area contributed by atoms with Gasteiger partial charge in [0.05, 0.1) is 6.61 Å². The minimum absolute atomic E-state index is 0.566. The quantitative estimate of drug-likeness (QED) is 0.900. The number of nitrogens with one attached hydrogen (secondary N) is 1. The minimum Gasteiger partial charge on any atom is -0.493 e. The van der Waals surface area contributed by atoms with Gasteiger partial charge < -0.3 is 10.1 Å². The molecule has 2 atom stereocenters. The summed E-state index contributed by atoms with van der Waals surface area (Å²) in [5.41, 5.74) is 1.39. The van der Waals surface area contributed by atoms with Crippen LogP contribution in [0, 0.1) is 0 Å². The highest BCUT2D eigenvalue weighted by atomic mass is 16.5. The largest absolute Gasteiger partial charge is 0.493 e. The third-order valence-corrected chi connectivity index (χ3v) is 4.64. The fourth-order valence-electron chi connectivity index (χ4n) is 3.49. The van der Waals surface area contributed by atoms with Crippen LogP contribution in [0.2, 0.25) is 0 Å². The van der Waals surface area contributed by atoms with Crippen LogP contribution in [-0.4, -0.2) is 36.7 Å². The predicted octanol–water partition coefficient (Wildman–Crippen LogP) is 2.34. The number of nitrogens with zero attached hydrogens (tertiary/aromatic N) is 1. The second kappa shape index (κ2) is 4.80. The molecule has 1 aliphatic carbocycles. The van der Waals surface area contributed by atoms with Crippen LogP contribution in [0.5, 0.6) is 5.75 Å². The van der Waals surface area contributed by atoms with E-state index in [4.69, 9.17) is 4.74 Å². The number of hydrogen-bond acceptors (Lipinski definition) is 3. The monoisotopic (exact) mass is 258 g/mol. The van der Waals surface area contributed by atoms with E-state index >= 15 is 0 Å². The summed E-state index contributed by atoms with van der Waals surface area (Å²) < 4.78 is 5.77. The predicted molar refractivity (Wildman–Crippen MR) is 75.4 cm³/mol. The zero-order chi connectivity index (χ0) is 12.7. The summed E-state index contributed by atoms with van der Waals surface area (Å²) in [6.07, 6.45) is 5.20. The highest BCUT2D eigenvalue weighted by Gasteiger charge is 2.34. The van der Waals surface area contributed by atoms with Crippen LogP contribution < -0.4 is 10.1 Å². The fourth-order valence-corrected chi connectivity index (χ4v) is 3.49. The van der Waals surface area contributed by atoms with E-state index < -0.39 is 0 Å². The highest BCUT2D eigenvalue weighted by Crippen LogP contribution is 2.37. The van der Waals surface area contributed by atoms with Gasteiger partial charge >= 0.3 is 0 Å². The van der Waals surface area contributed by atoms with Crippen molar-refractivity contribution in [3.63, 3.8) is 0 Å². The Hall–Kier alpha value is -1.06. The van der Waals surface area contributed by atoms with Crippen LogP contribution in [0.1, 0.15) is 37.3 Å². The Kier molecular flexibility index (Phi) is 2.97. The van der Waals surface area contributed by atoms with E-state index in [0.717, 1.165) is 24.8 Å². The van der Waals surface area contributed by atoms with Crippen molar-refractivity contribution in [1.82, 2.24) is 10.2 Å². The zero-order valence-electron chi connectivity index (χ0n) is 11.3. The van der Waals surface area contributed by atoms with Crippen LogP contribution in [0.15, 0.2) is 24.3 Å². The average molecular weight is 258 g/mol. The van der Waals surface area contributed by atoms with Gasteiger partial charge in [0.1, 0.15) is 5.75 Å². The summed E-state index contributed by atoms with van der Waals surface area (Å²) in [6.45, 7) is 3.29. The van der Waals surface area contributed by atoms with Crippen LogP contribution in [0.25, 0.3) is 0 Å². The molecule has 19 heavy (non-hydrogen) atoms. The molecule has 0 bridgehead atoms. The molecular formula is C16H22N2O. The lowest BCUT2D eigenvalue weighted by Gasteiger charge is -2.33. The third-order valence-electron chi connectivity index (χ3n) is 4.64. The van der Waals surface area contributed by atoms with Gasteiger partial charge in [0, 0.05) is 43.2 Å². The Balaban J connectivity index is 1.48. The van der Waals surface area contributed by atoms with Gasteiger partial charge in [0.2, 0.25) is 0 Å². The van der Waals surface area contributed by atoms with Crippen LogP contribution in [0.3, 0.4) is 0 Å². The van der Waals surface area contributed by atoms with Crippen molar-refractivity contribution >= 4 is 0 Å². The van der Waals surface area contributed by atoms with Crippen molar-refractivity contribution in [3.05, 3.63) is 29.8 Å². The molecule has 4 rings (SSSR count). The summed E-state index contributed by atoms with van der Waals surface area (Å²) in [5, 5.41) is 3.77. The van der Waals surface area contributed by atoms with E-state index in [1.54, 1.807) is 0 Å². The number of ether oxygens (including phenoxy) is 1. The Morgan fingerprint density at radius 2 is 1.95 bits per heavy atom. The Bertz CT molecular complexity index is 458. The fraction of sp³-hybridized carbons (Fsp3) is 0.625. The topological polar surface area (TPSA) is 24.5 Å². The normalized spacial score (nSPS) is 30.9. The first kappa shape index (κ1) is 11.7. The maximum absolute atomic E-state index is 5.77. The molecular weight excluding hydrogens is 236 g/mol. The average Bonchev–Trinajstić information content (AvgIpc) is 3.14. The maximum atomic E-state index is 5.77. The molecule has 0 spiro atoms. The molecule has 0 radical (unpaired) electrons. The van der Waals surface area contributed by atoms with Gasteiger partial charge in [-0.1, -0.05) is 18.2 Å². The molecule has 1 saturated heterocycles. The van der Waals surface area contributed by atoms with Crippen molar-refractivity contribution in [1.29, 1.82) is 0 Å². The van der Waals surface area contributed by atoms with E-state index in [9.17, 15) is 0 Å². The van der Waals surface area contributed by atoms with E-state index in [1.807, 2.05) is 0 Å². The number of hydrogen-bond donors (Lipinski definition) is 1. The van der Waals surface area contributed by atoms with Gasteiger partial charge in [0.25, 0.3) is 0 Å². The lowest BCUT2D eigenvalue weighted by Crippen LogP contribution is -2.36. The molecule has 1 aromatic rings. The molecule has 0 amide bonds. The van der Waals surface area contributed by atoms with Crippen LogP contribution in [0.4, 0.5) is 0 Å². The second-order valence-electron chi connectivity index (χ2n) is 6.11. The molecule has 0 aromatic heterocycles. The standard InChI is InChI=1S/C16H22N2O/c1-2-4-16-14(3-1)15(8-10-19-16)18-9-7-13(11-18)17-12-5-6-12/h1-4,12-13,15,17H,5-11H2. The minimum atomic E-state index is 0.566. The Morgan fingerprint density at radius 3 is 2.84 bits per heavy atom. The van der Waals surface area contributed by atoms with E-state index in [1.165, 1.54) is 37.9 Å². The molecule has 1 N–H and O–H groups in total. The summed E-state index contributed by atoms with van der Waals surface area (Å²) in [6, 6.07) is 10.7. The van der Waals surface area contributed by atoms with Gasteiger partial charge in [-0.05, 0) is 25.3 Å². The van der Waals surface area contributed by atoms with Crippen molar-refractivity contribution in [2.24, 2.45) is 0 Å². The first-order valence-electron chi connectivity index (χ1n) is 7.62. The molecule has 2 fully saturated rings. The van der Waals surface area contributed by atoms with Crippen molar-refractivity contribution in [3.8, 4) is 5.75 Å². The molecule has 1 saturated carbocycles. The summed E-state index contributed by atoms with van der Waals surface area (Å²) >= 11 is 0. The Labute approximate surface area is 114 Å². The summed E-state index contributed by atoms with van der Waals surface area (Å²) in [5.74, 6) is 1.09. The highest BCUT2D eigenvalue weighted by molar-refractivity contribution is 5.37. The molecule has 1 aromatic carbocycles. The number of para-hydroxylation sites is 1. The van der Waals surface area contributed by atoms with Gasteiger partial charge in [-0.3, -0.25) is 4.90 Å². The van der Waals surface area contributed by atoms with Gasteiger partial charge in [-0.25, -0.2) is 0 Å². The number of benzene rings is 1. The van der Waals surface area contributed by atoms with Crippen molar-refractivity contribution < 1.29 is 4.74 Å². The van der Waals surface area contributed by atoms with Gasteiger partial charge in [-0.2, -0.15) is 0 Å². The van der Waals surface area contributed by atoms with Crippen molar-refractivity contribution in [2.75, 3.05) is 19.7 Å². The molecule has 2 unspecified atom stereocenters. The first-order valence-corrected chi connectivity index (χ1v) is 7.62. The van der Waals surface area contributed by atoms with Crippen LogP contribution >= 0.6 is 0 Å². The first-order chi connectivity index (χ1) is 9.40. The zero-order valence-corrected chi connectivity index (χ0v) is 11.3. The van der Waals surface area contributed by atoms with E-state index in [-0.39, 0.29) is 0 Å². The molecule has 2 aliphatic heterocycles. The molecule has 2 heterocycles. The van der Waals surface area contributed by atoms with E-state index in [0.29, 0.717) is 12.1 Å². The second-order valence-corrected chi connectivity index (χ2v) is 6.11. The third kappa shape index (κ3) is 2.37. The van der Waals surface area contributed by atoms with E-state index in [2.05, 4.69) is 34.5 Å². The number of likely N-dealkylation sites (tertiary alicyclic amines) is 1. The van der Waals surface area contributed by atoms with Crippen molar-refractivity contribution in [2.45, 2.75) is 43.8 Å². The lowest BCUT2D eigenvalue weighted by molar-refractivity contribution is 0.163. The lowest BCUT2D eigenvalue weighted by atomic mass is 9.99. The molecule has 3 aliphatic rings. The number of rotatable bonds is 3. The SMILES string of the molecule is c1ccc2c(c1)OCCC2N1CCC(NC2CC2)C1. The smallest absolute Gasteiger partial charge is 0.124 e. The van der Waals surface area contributed by atoms with Gasteiger partial charge in [0.15, 0.2) is 0 Å². The Morgan fingerprint density at radius 1 is 1.05 bits per heavy atom. The molecule has 3 heteroatoms. The summed E-state index contributed by atoms with van der Waals surface area (Å²) in [7, 11) is 0.